The van der Waals surface area contributed by atoms with Crippen LogP contribution in [0.3, 0.4) is 0 Å². The molecule has 0 bridgehead atoms. The summed E-state index contributed by atoms with van der Waals surface area (Å²) in [6, 6.07) is 9.37. The molecule has 1 aliphatic rings. The molecule has 3 rings (SSSR count). The zero-order valence-electron chi connectivity index (χ0n) is 15.3. The topological polar surface area (TPSA) is 24.3 Å². The predicted molar refractivity (Wildman–Crippen MR) is 99.5 cm³/mol. The van der Waals surface area contributed by atoms with Crippen molar-refractivity contribution in [1.29, 1.82) is 0 Å². The summed E-state index contributed by atoms with van der Waals surface area (Å²) in [5.41, 5.74) is 3.91. The minimum atomic E-state index is 0.677. The van der Waals surface area contributed by atoms with E-state index in [1.165, 1.54) is 42.7 Å². The highest BCUT2D eigenvalue weighted by Gasteiger charge is 2.26. The molecule has 2 aromatic rings. The number of rotatable bonds is 7. The Labute approximate surface area is 146 Å². The SMILES string of the molecule is CCN(CC)C[C@@H]1CCCN1Cc1cc(C)ccc1-n1cccn1. The molecule has 130 valence electrons. The third-order valence-corrected chi connectivity index (χ3v) is 5.22. The minimum absolute atomic E-state index is 0.677. The standard InChI is InChI=1S/C20H30N4/c1-4-22(5-2)16-19-8-6-12-23(19)15-18-14-17(3)9-10-20(18)24-13-7-11-21-24/h7,9-11,13-14,19H,4-6,8,12,15-16H2,1-3H3/t19-/m0/s1. The number of aromatic nitrogens is 2. The highest BCUT2D eigenvalue weighted by atomic mass is 15.3. The lowest BCUT2D eigenvalue weighted by Gasteiger charge is -2.30. The van der Waals surface area contributed by atoms with E-state index in [0.717, 1.165) is 19.6 Å². The predicted octanol–water partition coefficient (Wildman–Crippen LogP) is 3.49. The van der Waals surface area contributed by atoms with Gasteiger partial charge in [-0.2, -0.15) is 5.10 Å². The minimum Gasteiger partial charge on any atom is -0.302 e. The Kier molecular flexibility index (Phi) is 5.69. The Morgan fingerprint density at radius 2 is 2.08 bits per heavy atom. The van der Waals surface area contributed by atoms with Gasteiger partial charge in [0.2, 0.25) is 0 Å². The van der Waals surface area contributed by atoms with Crippen LogP contribution >= 0.6 is 0 Å². The van der Waals surface area contributed by atoms with Gasteiger partial charge in [-0.25, -0.2) is 4.68 Å². The molecule has 2 heterocycles. The van der Waals surface area contributed by atoms with E-state index in [1.54, 1.807) is 0 Å². The van der Waals surface area contributed by atoms with Gasteiger partial charge >= 0.3 is 0 Å². The summed E-state index contributed by atoms with van der Waals surface area (Å²) >= 11 is 0. The Bertz CT molecular complexity index is 631. The first-order chi connectivity index (χ1) is 11.7. The van der Waals surface area contributed by atoms with Gasteiger partial charge in [-0.05, 0) is 57.1 Å². The Hall–Kier alpha value is -1.65. The van der Waals surface area contributed by atoms with Gasteiger partial charge < -0.3 is 4.90 Å². The van der Waals surface area contributed by atoms with E-state index in [9.17, 15) is 0 Å². The zero-order valence-corrected chi connectivity index (χ0v) is 15.3. The number of nitrogens with zero attached hydrogens (tertiary/aromatic N) is 4. The van der Waals surface area contributed by atoms with Crippen LogP contribution in [0.25, 0.3) is 5.69 Å². The molecule has 0 saturated carbocycles. The molecule has 24 heavy (non-hydrogen) atoms. The summed E-state index contributed by atoms with van der Waals surface area (Å²) in [5.74, 6) is 0. The highest BCUT2D eigenvalue weighted by molar-refractivity contribution is 5.42. The number of likely N-dealkylation sites (N-methyl/N-ethyl adjacent to an activating group) is 1. The first-order valence-electron chi connectivity index (χ1n) is 9.27. The lowest BCUT2D eigenvalue weighted by molar-refractivity contribution is 0.175. The molecule has 1 aliphatic heterocycles. The van der Waals surface area contributed by atoms with Crippen molar-refractivity contribution in [3.05, 3.63) is 47.8 Å². The van der Waals surface area contributed by atoms with Gasteiger partial charge in [0.25, 0.3) is 0 Å². The van der Waals surface area contributed by atoms with Crippen LogP contribution in [-0.2, 0) is 6.54 Å². The van der Waals surface area contributed by atoms with Gasteiger partial charge in [0.1, 0.15) is 0 Å². The van der Waals surface area contributed by atoms with Gasteiger partial charge in [-0.3, -0.25) is 4.90 Å². The second kappa shape index (κ2) is 7.95. The number of likely N-dealkylation sites (tertiary alicyclic amines) is 1. The molecule has 1 aromatic heterocycles. The molecule has 0 N–H and O–H groups in total. The number of hydrogen-bond donors (Lipinski definition) is 0. The van der Waals surface area contributed by atoms with Gasteiger partial charge in [-0.1, -0.05) is 31.5 Å². The van der Waals surface area contributed by atoms with Crippen LogP contribution in [-0.4, -0.2) is 51.8 Å². The van der Waals surface area contributed by atoms with Crippen molar-refractivity contribution in [2.45, 2.75) is 46.2 Å². The molecular formula is C20H30N4. The normalized spacial score (nSPS) is 18.6. The molecule has 0 aliphatic carbocycles. The fourth-order valence-corrected chi connectivity index (χ4v) is 3.78. The summed E-state index contributed by atoms with van der Waals surface area (Å²) in [6.45, 7) is 12.4. The third kappa shape index (κ3) is 3.87. The first kappa shape index (κ1) is 17.2. The average Bonchev–Trinajstić information content (AvgIpc) is 3.25. The van der Waals surface area contributed by atoms with E-state index >= 15 is 0 Å². The van der Waals surface area contributed by atoms with E-state index in [1.807, 2.05) is 23.1 Å². The van der Waals surface area contributed by atoms with E-state index in [0.29, 0.717) is 6.04 Å². The molecule has 1 fully saturated rings. The monoisotopic (exact) mass is 326 g/mol. The molecule has 0 radical (unpaired) electrons. The van der Waals surface area contributed by atoms with E-state index in [-0.39, 0.29) is 0 Å². The zero-order chi connectivity index (χ0) is 16.9. The fraction of sp³-hybridized carbons (Fsp3) is 0.550. The molecule has 0 unspecified atom stereocenters. The summed E-state index contributed by atoms with van der Waals surface area (Å²) in [4.78, 5) is 5.22. The van der Waals surface area contributed by atoms with Gasteiger partial charge in [-0.15, -0.1) is 0 Å². The molecule has 4 nitrogen and oxygen atoms in total. The summed E-state index contributed by atoms with van der Waals surface area (Å²) in [7, 11) is 0. The molecule has 0 amide bonds. The van der Waals surface area contributed by atoms with Crippen LogP contribution in [0.4, 0.5) is 0 Å². The molecule has 4 heteroatoms. The molecule has 1 saturated heterocycles. The number of aryl methyl sites for hydroxylation is 1. The average molecular weight is 326 g/mol. The quantitative estimate of drug-likeness (QED) is 0.778. The second-order valence-electron chi connectivity index (χ2n) is 6.84. The van der Waals surface area contributed by atoms with Crippen molar-refractivity contribution in [2.75, 3.05) is 26.2 Å². The maximum atomic E-state index is 4.44. The Morgan fingerprint density at radius 1 is 1.25 bits per heavy atom. The first-order valence-corrected chi connectivity index (χ1v) is 9.27. The summed E-state index contributed by atoms with van der Waals surface area (Å²) in [5, 5.41) is 4.44. The fourth-order valence-electron chi connectivity index (χ4n) is 3.78. The smallest absolute Gasteiger partial charge is 0.0690 e. The Balaban J connectivity index is 1.78. The van der Waals surface area contributed by atoms with E-state index in [4.69, 9.17) is 0 Å². The molecule has 1 aromatic carbocycles. The molecular weight excluding hydrogens is 296 g/mol. The van der Waals surface area contributed by atoms with Crippen LogP contribution in [0.1, 0.15) is 37.8 Å². The largest absolute Gasteiger partial charge is 0.302 e. The maximum Gasteiger partial charge on any atom is 0.0690 e. The van der Waals surface area contributed by atoms with Gasteiger partial charge in [0.05, 0.1) is 5.69 Å². The maximum absolute atomic E-state index is 4.44. The van der Waals surface area contributed by atoms with Crippen LogP contribution in [0, 0.1) is 6.92 Å². The van der Waals surface area contributed by atoms with Gasteiger partial charge in [0, 0.05) is 31.5 Å². The van der Waals surface area contributed by atoms with Crippen LogP contribution in [0.15, 0.2) is 36.7 Å². The lowest BCUT2D eigenvalue weighted by atomic mass is 10.1. The van der Waals surface area contributed by atoms with Crippen LogP contribution < -0.4 is 0 Å². The van der Waals surface area contributed by atoms with Gasteiger partial charge in [0.15, 0.2) is 0 Å². The summed E-state index contributed by atoms with van der Waals surface area (Å²) in [6.07, 6.45) is 6.52. The van der Waals surface area contributed by atoms with E-state index < -0.39 is 0 Å². The van der Waals surface area contributed by atoms with Crippen molar-refractivity contribution in [1.82, 2.24) is 19.6 Å². The highest BCUT2D eigenvalue weighted by Crippen LogP contribution is 2.24. The Morgan fingerprint density at radius 3 is 2.79 bits per heavy atom. The number of hydrogen-bond acceptors (Lipinski definition) is 3. The van der Waals surface area contributed by atoms with Crippen molar-refractivity contribution in [3.63, 3.8) is 0 Å². The lowest BCUT2D eigenvalue weighted by Crippen LogP contribution is -2.40. The molecule has 0 spiro atoms. The van der Waals surface area contributed by atoms with Crippen molar-refractivity contribution < 1.29 is 0 Å². The summed E-state index contributed by atoms with van der Waals surface area (Å²) < 4.78 is 1.99. The van der Waals surface area contributed by atoms with Crippen LogP contribution in [0.2, 0.25) is 0 Å². The van der Waals surface area contributed by atoms with Crippen LogP contribution in [0.5, 0.6) is 0 Å². The van der Waals surface area contributed by atoms with Crippen molar-refractivity contribution >= 4 is 0 Å². The van der Waals surface area contributed by atoms with Crippen molar-refractivity contribution in [3.8, 4) is 5.69 Å². The third-order valence-electron chi connectivity index (χ3n) is 5.22. The van der Waals surface area contributed by atoms with E-state index in [2.05, 4.69) is 53.9 Å². The molecule has 1 atom stereocenters. The van der Waals surface area contributed by atoms with Crippen molar-refractivity contribution in [2.24, 2.45) is 0 Å². The number of benzene rings is 1. The second-order valence-corrected chi connectivity index (χ2v) is 6.84.